The van der Waals surface area contributed by atoms with Gasteiger partial charge >= 0.3 is 0 Å². The van der Waals surface area contributed by atoms with E-state index in [0.717, 1.165) is 16.9 Å². The van der Waals surface area contributed by atoms with Crippen LogP contribution >= 0.6 is 11.6 Å². The number of amides is 1. The molecule has 1 heterocycles. The molecular weight excluding hydrogens is 418 g/mol. The fourth-order valence-electron chi connectivity index (χ4n) is 2.47. The highest BCUT2D eigenvalue weighted by Crippen LogP contribution is 2.19. The molecule has 3 aromatic rings. The van der Waals surface area contributed by atoms with Crippen molar-refractivity contribution >= 4 is 46.5 Å². The number of azo groups is 1. The zero-order chi connectivity index (χ0) is 22.2. The van der Waals surface area contributed by atoms with Crippen LogP contribution in [0.2, 0.25) is 5.15 Å². The molecule has 0 spiro atoms. The summed E-state index contributed by atoms with van der Waals surface area (Å²) in [6.45, 7) is 0.362. The van der Waals surface area contributed by atoms with E-state index in [1.165, 1.54) is 0 Å². The van der Waals surface area contributed by atoms with Crippen molar-refractivity contribution in [2.75, 3.05) is 18.0 Å². The minimum Gasteiger partial charge on any atom is -0.382 e. The molecule has 0 aliphatic heterocycles. The number of nitrogens with two attached hydrogens (primary N) is 3. The molecule has 0 saturated heterocycles. The third-order valence-electron chi connectivity index (χ3n) is 4.02. The van der Waals surface area contributed by atoms with E-state index in [9.17, 15) is 4.79 Å². The standard InChI is InChI=1S/C20H20ClN9O/c21-16-18(23)27-17(22)15(26-16)19(31)28-20(24)25-11-10-12-6-8-14(9-7-12)30-29-13-4-2-1-3-5-13/h1-9H,10-11H2,(H4,22,23,27)(H3,24,25,28,31). The van der Waals surface area contributed by atoms with Gasteiger partial charge in [0.15, 0.2) is 28.4 Å². The van der Waals surface area contributed by atoms with Crippen LogP contribution in [0.4, 0.5) is 23.0 Å². The number of guanidine groups is 1. The van der Waals surface area contributed by atoms with Crippen molar-refractivity contribution < 1.29 is 4.79 Å². The summed E-state index contributed by atoms with van der Waals surface area (Å²) in [5.41, 5.74) is 19.3. The van der Waals surface area contributed by atoms with E-state index in [-0.39, 0.29) is 28.4 Å². The molecule has 2 aromatic carbocycles. The van der Waals surface area contributed by atoms with E-state index in [2.05, 4.69) is 30.5 Å². The Morgan fingerprint density at radius 1 is 0.935 bits per heavy atom. The third-order valence-corrected chi connectivity index (χ3v) is 4.30. The highest BCUT2D eigenvalue weighted by molar-refractivity contribution is 6.31. The Labute approximate surface area is 183 Å². The summed E-state index contributed by atoms with van der Waals surface area (Å²) in [4.78, 5) is 23.9. The monoisotopic (exact) mass is 437 g/mol. The van der Waals surface area contributed by atoms with Crippen LogP contribution in [0.15, 0.2) is 69.8 Å². The lowest BCUT2D eigenvalue weighted by molar-refractivity contribution is 0.0972. The third kappa shape index (κ3) is 6.21. The molecule has 0 bridgehead atoms. The fraction of sp³-hybridized carbons (Fsp3) is 0.100. The summed E-state index contributed by atoms with van der Waals surface area (Å²) < 4.78 is 0. The minimum atomic E-state index is -0.679. The lowest BCUT2D eigenvalue weighted by Crippen LogP contribution is -2.38. The molecule has 7 N–H and O–H groups in total. The number of aliphatic imine (C=N–C) groups is 1. The van der Waals surface area contributed by atoms with Crippen molar-refractivity contribution in [3.05, 3.63) is 71.0 Å². The average Bonchev–Trinajstić information content (AvgIpc) is 2.76. The van der Waals surface area contributed by atoms with Gasteiger partial charge in [-0.3, -0.25) is 15.1 Å². The molecule has 0 aliphatic carbocycles. The molecule has 0 fully saturated rings. The summed E-state index contributed by atoms with van der Waals surface area (Å²) in [6.07, 6.45) is 0.613. The van der Waals surface area contributed by atoms with Crippen molar-refractivity contribution in [2.24, 2.45) is 21.0 Å². The molecule has 0 atom stereocenters. The average molecular weight is 438 g/mol. The number of nitrogens with one attached hydrogen (secondary N) is 1. The Hall–Kier alpha value is -4.05. The number of benzene rings is 2. The maximum atomic E-state index is 12.2. The van der Waals surface area contributed by atoms with Crippen molar-refractivity contribution in [3.8, 4) is 0 Å². The molecule has 31 heavy (non-hydrogen) atoms. The Kier molecular flexibility index (Phi) is 7.07. The van der Waals surface area contributed by atoms with Gasteiger partial charge in [-0.1, -0.05) is 41.9 Å². The van der Waals surface area contributed by atoms with Gasteiger partial charge in [0, 0.05) is 6.54 Å². The summed E-state index contributed by atoms with van der Waals surface area (Å²) in [7, 11) is 0. The number of carbonyl (C=O) groups excluding carboxylic acids is 1. The summed E-state index contributed by atoms with van der Waals surface area (Å²) >= 11 is 5.77. The van der Waals surface area contributed by atoms with Gasteiger partial charge in [-0.05, 0) is 36.2 Å². The second-order valence-electron chi connectivity index (χ2n) is 6.31. The minimum absolute atomic E-state index is 0.0649. The number of halogens is 1. The van der Waals surface area contributed by atoms with Crippen molar-refractivity contribution in [1.82, 2.24) is 15.3 Å². The quantitative estimate of drug-likeness (QED) is 0.262. The predicted molar refractivity (Wildman–Crippen MR) is 121 cm³/mol. The van der Waals surface area contributed by atoms with Crippen molar-refractivity contribution in [2.45, 2.75) is 6.42 Å². The molecule has 0 radical (unpaired) electrons. The van der Waals surface area contributed by atoms with Crippen molar-refractivity contribution in [3.63, 3.8) is 0 Å². The number of nitrogens with zero attached hydrogens (tertiary/aromatic N) is 5. The first kappa shape index (κ1) is 21.7. The molecule has 10 nitrogen and oxygen atoms in total. The van der Waals surface area contributed by atoms with Crippen LogP contribution in [0.5, 0.6) is 0 Å². The van der Waals surface area contributed by atoms with E-state index in [4.69, 9.17) is 28.8 Å². The molecular formula is C20H20ClN9O. The molecule has 0 saturated carbocycles. The Balaban J connectivity index is 1.52. The second kappa shape index (κ2) is 10.1. The Morgan fingerprint density at radius 2 is 1.58 bits per heavy atom. The topological polar surface area (TPSA) is 170 Å². The summed E-state index contributed by atoms with van der Waals surface area (Å²) in [5, 5.41) is 10.6. The van der Waals surface area contributed by atoms with Crippen LogP contribution in [-0.4, -0.2) is 28.4 Å². The van der Waals surface area contributed by atoms with Crippen LogP contribution in [0, 0.1) is 0 Å². The Morgan fingerprint density at radius 3 is 2.26 bits per heavy atom. The number of hydrogen-bond acceptors (Lipinski definition) is 8. The number of rotatable bonds is 6. The molecule has 11 heteroatoms. The van der Waals surface area contributed by atoms with E-state index >= 15 is 0 Å². The number of nitrogen functional groups attached to an aromatic ring is 2. The van der Waals surface area contributed by atoms with Gasteiger partial charge in [-0.2, -0.15) is 10.2 Å². The molecule has 1 aromatic heterocycles. The van der Waals surface area contributed by atoms with Crippen LogP contribution in [0.3, 0.4) is 0 Å². The van der Waals surface area contributed by atoms with Gasteiger partial charge in [-0.25, -0.2) is 9.97 Å². The largest absolute Gasteiger partial charge is 0.382 e. The second-order valence-corrected chi connectivity index (χ2v) is 6.66. The van der Waals surface area contributed by atoms with Crippen molar-refractivity contribution in [1.29, 1.82) is 0 Å². The SMILES string of the molecule is NC(=NCCc1ccc(N=Nc2ccccc2)cc1)NC(=O)c1nc(Cl)c(N)nc1N. The predicted octanol–water partition coefficient (Wildman–Crippen LogP) is 3.00. The van der Waals surface area contributed by atoms with Gasteiger partial charge in [0.05, 0.1) is 11.4 Å². The first-order valence-corrected chi connectivity index (χ1v) is 9.55. The van der Waals surface area contributed by atoms with Gasteiger partial charge < -0.3 is 17.2 Å². The molecule has 158 valence electrons. The highest BCUT2D eigenvalue weighted by atomic mass is 35.5. The van der Waals surface area contributed by atoms with Crippen LogP contribution in [-0.2, 0) is 6.42 Å². The zero-order valence-corrected chi connectivity index (χ0v) is 17.1. The molecule has 0 unspecified atom stereocenters. The molecule has 3 rings (SSSR count). The van der Waals surface area contributed by atoms with Gasteiger partial charge in [-0.15, -0.1) is 0 Å². The maximum absolute atomic E-state index is 12.2. The number of anilines is 2. The van der Waals surface area contributed by atoms with E-state index < -0.39 is 5.91 Å². The van der Waals surface area contributed by atoms with Gasteiger partial charge in [0.25, 0.3) is 5.91 Å². The van der Waals surface area contributed by atoms with Gasteiger partial charge in [0.2, 0.25) is 0 Å². The zero-order valence-electron chi connectivity index (χ0n) is 16.4. The number of carbonyl (C=O) groups is 1. The van der Waals surface area contributed by atoms with Gasteiger partial charge in [0.1, 0.15) is 0 Å². The smallest absolute Gasteiger partial charge is 0.280 e. The molecule has 1 amide bonds. The number of aromatic nitrogens is 2. The summed E-state index contributed by atoms with van der Waals surface area (Å²) in [6, 6.07) is 17.1. The lowest BCUT2D eigenvalue weighted by atomic mass is 10.1. The number of hydrogen-bond donors (Lipinski definition) is 4. The first-order chi connectivity index (χ1) is 14.9. The fourth-order valence-corrected chi connectivity index (χ4v) is 2.60. The van der Waals surface area contributed by atoms with Crippen LogP contribution in [0.25, 0.3) is 0 Å². The normalized spacial score (nSPS) is 11.6. The van der Waals surface area contributed by atoms with Crippen LogP contribution < -0.4 is 22.5 Å². The first-order valence-electron chi connectivity index (χ1n) is 9.18. The van der Waals surface area contributed by atoms with Crippen LogP contribution in [0.1, 0.15) is 16.1 Å². The van der Waals surface area contributed by atoms with E-state index in [1.54, 1.807) is 0 Å². The van der Waals surface area contributed by atoms with E-state index in [0.29, 0.717) is 13.0 Å². The summed E-state index contributed by atoms with van der Waals surface area (Å²) in [5.74, 6) is -0.977. The van der Waals surface area contributed by atoms with E-state index in [1.807, 2.05) is 54.6 Å². The highest BCUT2D eigenvalue weighted by Gasteiger charge is 2.16. The Bertz CT molecular complexity index is 1120. The molecule has 0 aliphatic rings. The maximum Gasteiger partial charge on any atom is 0.280 e. The lowest BCUT2D eigenvalue weighted by Gasteiger charge is -2.07.